The van der Waals surface area contributed by atoms with Crippen molar-refractivity contribution in [3.05, 3.63) is 84.6 Å². The van der Waals surface area contributed by atoms with Crippen molar-refractivity contribution in [1.82, 2.24) is 29.3 Å². The molecule has 2 unspecified atom stereocenters. The number of hydrogen-bond donors (Lipinski definition) is 1. The van der Waals surface area contributed by atoms with Crippen LogP contribution in [0.3, 0.4) is 0 Å². The first-order valence-corrected chi connectivity index (χ1v) is 16.1. The van der Waals surface area contributed by atoms with E-state index >= 15 is 0 Å². The average molecular weight is 603 g/mol. The molecule has 5 aromatic rings. The molecule has 0 radical (unpaired) electrons. The first kappa shape index (κ1) is 29.3. The Morgan fingerprint density at radius 2 is 1.42 bits per heavy atom. The third-order valence-electron chi connectivity index (χ3n) is 9.27. The third-order valence-corrected chi connectivity index (χ3v) is 9.27. The normalized spacial score (nSPS) is 19.1. The second kappa shape index (κ2) is 11.5. The van der Waals surface area contributed by atoms with Crippen LogP contribution in [0.2, 0.25) is 0 Å². The number of aromatic nitrogens is 4. The number of imidazole rings is 2. The molecule has 0 bridgehead atoms. The van der Waals surface area contributed by atoms with E-state index < -0.39 is 5.60 Å². The number of carbonyl (C=O) groups is 1. The number of nitrogens with one attached hydrogen (secondary N) is 1. The predicted molar refractivity (Wildman–Crippen MR) is 179 cm³/mol. The lowest BCUT2D eigenvalue weighted by Gasteiger charge is -2.28. The van der Waals surface area contributed by atoms with Gasteiger partial charge in [-0.1, -0.05) is 54.6 Å². The lowest BCUT2D eigenvalue weighted by atomic mass is 9.99. The molecule has 1 amide bonds. The fraction of sp³-hybridized carbons (Fsp3) is 0.378. The van der Waals surface area contributed by atoms with Crippen molar-refractivity contribution >= 4 is 17.1 Å². The van der Waals surface area contributed by atoms with E-state index in [0.29, 0.717) is 12.6 Å². The average Bonchev–Trinajstić information content (AvgIpc) is 3.82. The molecule has 1 N–H and O–H groups in total. The van der Waals surface area contributed by atoms with Crippen molar-refractivity contribution in [3.8, 4) is 33.5 Å². The van der Waals surface area contributed by atoms with E-state index in [2.05, 4.69) is 88.2 Å². The number of nitrogens with zero attached hydrogens (tertiary/aromatic N) is 5. The van der Waals surface area contributed by atoms with Crippen LogP contribution in [0.1, 0.15) is 70.2 Å². The summed E-state index contributed by atoms with van der Waals surface area (Å²) in [5.41, 5.74) is 8.40. The number of H-pyrrole nitrogens is 1. The SMILES string of the molecule is CN1CCCC1c1nc2ccc(-c3ccc(-c4ccc(-c5cnc(C6CCCN6C(=O)OC(C)(C)C)n5C)cc4)cc3)cc2[nH]1. The lowest BCUT2D eigenvalue weighted by Crippen LogP contribution is -2.37. The van der Waals surface area contributed by atoms with E-state index in [1.54, 1.807) is 0 Å². The Morgan fingerprint density at radius 3 is 2.07 bits per heavy atom. The van der Waals surface area contributed by atoms with Crippen LogP contribution >= 0.6 is 0 Å². The fourth-order valence-corrected chi connectivity index (χ4v) is 6.89. The van der Waals surface area contributed by atoms with Crippen LogP contribution in [0.15, 0.2) is 72.9 Å². The molecule has 2 aromatic heterocycles. The van der Waals surface area contributed by atoms with E-state index in [1.807, 2.05) is 38.9 Å². The molecule has 0 saturated carbocycles. The van der Waals surface area contributed by atoms with Gasteiger partial charge in [0.1, 0.15) is 17.2 Å². The van der Waals surface area contributed by atoms with Gasteiger partial charge in [0.15, 0.2) is 0 Å². The summed E-state index contributed by atoms with van der Waals surface area (Å²) in [4.78, 5) is 30.3. The molecular weight excluding hydrogens is 560 g/mol. The highest BCUT2D eigenvalue weighted by Gasteiger charge is 2.35. The number of rotatable bonds is 5. The fourth-order valence-electron chi connectivity index (χ4n) is 6.89. The van der Waals surface area contributed by atoms with E-state index in [4.69, 9.17) is 14.7 Å². The zero-order chi connectivity index (χ0) is 31.3. The number of likely N-dealkylation sites (tertiary alicyclic amines) is 2. The van der Waals surface area contributed by atoms with Crippen molar-refractivity contribution in [2.75, 3.05) is 20.1 Å². The topological polar surface area (TPSA) is 79.3 Å². The van der Waals surface area contributed by atoms with Crippen molar-refractivity contribution in [2.45, 2.75) is 64.1 Å². The smallest absolute Gasteiger partial charge is 0.410 e. The van der Waals surface area contributed by atoms with Crippen LogP contribution in [0.25, 0.3) is 44.5 Å². The summed E-state index contributed by atoms with van der Waals surface area (Å²) in [6, 6.07) is 24.2. The lowest BCUT2D eigenvalue weighted by molar-refractivity contribution is 0.0216. The zero-order valence-corrected chi connectivity index (χ0v) is 26.9. The zero-order valence-electron chi connectivity index (χ0n) is 26.9. The number of benzene rings is 3. The molecule has 45 heavy (non-hydrogen) atoms. The molecule has 8 nitrogen and oxygen atoms in total. The minimum atomic E-state index is -0.524. The first-order chi connectivity index (χ1) is 21.6. The summed E-state index contributed by atoms with van der Waals surface area (Å²) in [6.45, 7) is 7.52. The van der Waals surface area contributed by atoms with E-state index in [0.717, 1.165) is 65.3 Å². The van der Waals surface area contributed by atoms with Gasteiger partial charge in [-0.2, -0.15) is 0 Å². The van der Waals surface area contributed by atoms with E-state index in [-0.39, 0.29) is 12.1 Å². The second-order valence-corrected chi connectivity index (χ2v) is 13.5. The van der Waals surface area contributed by atoms with Crippen molar-refractivity contribution < 1.29 is 9.53 Å². The minimum Gasteiger partial charge on any atom is -0.444 e. The van der Waals surface area contributed by atoms with Gasteiger partial charge >= 0.3 is 6.09 Å². The third kappa shape index (κ3) is 5.75. The minimum absolute atomic E-state index is 0.0820. The van der Waals surface area contributed by atoms with E-state index in [1.165, 1.54) is 23.1 Å². The van der Waals surface area contributed by atoms with Gasteiger partial charge in [-0.25, -0.2) is 14.8 Å². The monoisotopic (exact) mass is 602 g/mol. The van der Waals surface area contributed by atoms with Gasteiger partial charge in [0.25, 0.3) is 0 Å². The summed E-state index contributed by atoms with van der Waals surface area (Å²) >= 11 is 0. The van der Waals surface area contributed by atoms with Crippen LogP contribution < -0.4 is 0 Å². The Morgan fingerprint density at radius 1 is 0.822 bits per heavy atom. The summed E-state index contributed by atoms with van der Waals surface area (Å²) < 4.78 is 7.79. The molecule has 2 atom stereocenters. The Balaban J connectivity index is 1.06. The van der Waals surface area contributed by atoms with Crippen molar-refractivity contribution in [3.63, 3.8) is 0 Å². The summed E-state index contributed by atoms with van der Waals surface area (Å²) in [5.74, 6) is 1.97. The summed E-state index contributed by atoms with van der Waals surface area (Å²) in [7, 11) is 4.21. The van der Waals surface area contributed by atoms with Gasteiger partial charge < -0.3 is 14.3 Å². The highest BCUT2D eigenvalue weighted by atomic mass is 16.6. The molecule has 0 aliphatic carbocycles. The quantitative estimate of drug-likeness (QED) is 0.220. The Labute approximate surface area is 265 Å². The molecule has 232 valence electrons. The van der Waals surface area contributed by atoms with Gasteiger partial charge in [-0.3, -0.25) is 9.80 Å². The number of carbonyl (C=O) groups excluding carboxylic acids is 1. The molecular formula is C37H42N6O2. The molecule has 2 aliphatic rings. The molecule has 2 fully saturated rings. The molecule has 4 heterocycles. The van der Waals surface area contributed by atoms with Crippen LogP contribution in [-0.2, 0) is 11.8 Å². The highest BCUT2D eigenvalue weighted by Crippen LogP contribution is 2.35. The number of amides is 1. The second-order valence-electron chi connectivity index (χ2n) is 13.5. The molecule has 2 aliphatic heterocycles. The van der Waals surface area contributed by atoms with Gasteiger partial charge in [0.05, 0.1) is 35.0 Å². The summed E-state index contributed by atoms with van der Waals surface area (Å²) in [5, 5.41) is 0. The number of hydrogen-bond acceptors (Lipinski definition) is 5. The molecule has 0 spiro atoms. The van der Waals surface area contributed by atoms with Gasteiger partial charge in [-0.15, -0.1) is 0 Å². The van der Waals surface area contributed by atoms with Crippen LogP contribution in [0.5, 0.6) is 0 Å². The maximum Gasteiger partial charge on any atom is 0.410 e. The molecule has 8 heteroatoms. The Kier molecular flexibility index (Phi) is 7.48. The Hall–Kier alpha value is -4.43. The van der Waals surface area contributed by atoms with Crippen LogP contribution in [-0.4, -0.2) is 61.2 Å². The number of aromatic amines is 1. The maximum atomic E-state index is 12.9. The Bertz CT molecular complexity index is 1830. The largest absolute Gasteiger partial charge is 0.444 e. The molecule has 3 aromatic carbocycles. The molecule has 2 saturated heterocycles. The van der Waals surface area contributed by atoms with Crippen LogP contribution in [0, 0.1) is 0 Å². The van der Waals surface area contributed by atoms with Gasteiger partial charge in [-0.05, 0) is 100.0 Å². The first-order valence-electron chi connectivity index (χ1n) is 16.1. The molecule has 7 rings (SSSR count). The maximum absolute atomic E-state index is 12.9. The van der Waals surface area contributed by atoms with Gasteiger partial charge in [0.2, 0.25) is 0 Å². The van der Waals surface area contributed by atoms with Crippen molar-refractivity contribution in [1.29, 1.82) is 0 Å². The van der Waals surface area contributed by atoms with Gasteiger partial charge in [0, 0.05) is 13.6 Å². The standard InChI is InChI=1S/C37H42N6O2/c1-37(2,3)45-36(44)43-21-7-9-32(43)35-38-23-33(42(35)5)27-16-14-25(15-17-27)24-10-12-26(13-11-24)28-18-19-29-30(22-28)40-34(39-29)31-8-6-20-41(31)4/h10-19,22-23,31-32H,6-9,20-21H2,1-5H3,(H,39,40). The predicted octanol–water partition coefficient (Wildman–Crippen LogP) is 8.14. The number of ether oxygens (including phenoxy) is 1. The van der Waals surface area contributed by atoms with Crippen LogP contribution in [0.4, 0.5) is 4.79 Å². The highest BCUT2D eigenvalue weighted by molar-refractivity contribution is 5.83. The van der Waals surface area contributed by atoms with Crippen molar-refractivity contribution in [2.24, 2.45) is 7.05 Å². The van der Waals surface area contributed by atoms with E-state index in [9.17, 15) is 4.79 Å². The summed E-state index contributed by atoms with van der Waals surface area (Å²) in [6.07, 6.45) is 5.84. The number of fused-ring (bicyclic) bond motifs is 1.